The highest BCUT2D eigenvalue weighted by atomic mass is 31.2. The van der Waals surface area contributed by atoms with Crippen LogP contribution in [-0.2, 0) is 73.4 Å². The number of aliphatic hydroxyl groups excluding tert-OH is 4. The minimum atomic E-state index is -5.10. The van der Waals surface area contributed by atoms with E-state index in [4.69, 9.17) is 78.1 Å². The maximum absolute atomic E-state index is 13.1. The van der Waals surface area contributed by atoms with Crippen LogP contribution in [0.2, 0.25) is 0 Å². The summed E-state index contributed by atoms with van der Waals surface area (Å²) in [5.41, 5.74) is 20.1. The molecule has 0 aliphatic carbocycles. The lowest BCUT2D eigenvalue weighted by Gasteiger charge is -2.27. The van der Waals surface area contributed by atoms with Crippen molar-refractivity contribution in [1.82, 2.24) is 78.1 Å². The maximum Gasteiger partial charge on any atom is 0.472 e. The standard InChI is InChI=1S/C20H24N10O14P2.C20H24N10O13P2/c21-19-25-13-7(15(33)27-19)23-3-29(13)17-9(31)11-5(41-17)1-39-45(35,36)44-12-6(2-40-46(37,38)43-11)42-18(10(12)32)30-4-24-8-14(30)26-20(22)28-16(8)34;21-14-8-15(24-3-23-14)29(4-25-8)18-10(31)12-6(40-18)1-38-45(36,37)43-13-7(2-39-44(34,35)42-12)41-19(11(13)32)30-5-26-9-16(30)27-20(22)28-17(9)33/h3-6,9-12,17-18,31-32H,1-2H2,(H,35,36)(H,37,38)(H3,21,25,27,33)(H3,22,26,28,34);3-7,10-13,18-19,31-32H,1-2H2,(H,34,35)(H,36,37)(H2,21,23,24)(H3,22,27,28,33)/t5-,6-,9-,10-,11-,12-,17-,18-;6-,7-,10-,11-,12-,13-,18-,19-/m11/s1. The number of rotatable bonds is 4. The van der Waals surface area contributed by atoms with E-state index in [1.165, 1.54) is 10.9 Å². The molecule has 19 N–H and O–H groups in total. The van der Waals surface area contributed by atoms with Gasteiger partial charge in [-0.15, -0.1) is 0 Å². The topological polar surface area (TPSA) is 679 Å². The molecule has 0 spiro atoms. The van der Waals surface area contributed by atoms with Gasteiger partial charge in [-0.2, -0.15) is 15.0 Å². The number of nitrogens with zero attached hydrogens (tertiary/aromatic N) is 13. The van der Waals surface area contributed by atoms with E-state index in [1.54, 1.807) is 0 Å². The predicted octanol–water partition coefficient (Wildman–Crippen LogP) is -5.39. The Morgan fingerprint density at radius 3 is 0.956 bits per heavy atom. The van der Waals surface area contributed by atoms with Crippen molar-refractivity contribution in [2.45, 2.75) is 98.2 Å². The van der Waals surface area contributed by atoms with Crippen molar-refractivity contribution in [3.8, 4) is 0 Å². The molecule has 6 fully saturated rings. The molecule has 490 valence electrons. The zero-order valence-corrected chi connectivity index (χ0v) is 48.8. The predicted molar refractivity (Wildman–Crippen MR) is 290 cm³/mol. The quantitative estimate of drug-likeness (QED) is 0.0732. The summed E-state index contributed by atoms with van der Waals surface area (Å²) >= 11 is 0. The Balaban J connectivity index is 0.000000167. The molecule has 14 heterocycles. The van der Waals surface area contributed by atoms with Gasteiger partial charge in [0, 0.05) is 0 Å². The van der Waals surface area contributed by atoms with Crippen LogP contribution in [0.15, 0.2) is 46.0 Å². The molecule has 6 aliphatic heterocycles. The van der Waals surface area contributed by atoms with Crippen LogP contribution in [0.4, 0.5) is 23.7 Å². The molecule has 8 aromatic heterocycles. The zero-order valence-electron chi connectivity index (χ0n) is 45.2. The first-order chi connectivity index (χ1) is 43.0. The summed E-state index contributed by atoms with van der Waals surface area (Å²) in [6, 6.07) is 0. The first-order valence-corrected chi connectivity index (χ1v) is 32.1. The molecule has 0 bridgehead atoms. The number of phosphoric acid groups is 4. The number of aromatic nitrogens is 16. The highest BCUT2D eigenvalue weighted by Crippen LogP contribution is 2.56. The van der Waals surface area contributed by atoms with Crippen molar-refractivity contribution in [3.63, 3.8) is 0 Å². The third-order valence-electron chi connectivity index (χ3n) is 14.7. The van der Waals surface area contributed by atoms with Crippen LogP contribution in [0.25, 0.3) is 44.7 Å². The Labute approximate surface area is 500 Å². The van der Waals surface area contributed by atoms with E-state index in [9.17, 15) is 72.6 Å². The molecule has 8 aromatic rings. The van der Waals surface area contributed by atoms with Gasteiger partial charge in [0.1, 0.15) is 85.1 Å². The minimum absolute atomic E-state index is 0.0383. The molecule has 6 aliphatic rings. The third kappa shape index (κ3) is 11.8. The van der Waals surface area contributed by atoms with Crippen LogP contribution >= 0.6 is 31.3 Å². The zero-order chi connectivity index (χ0) is 64.5. The molecule has 91 heavy (non-hydrogen) atoms. The highest BCUT2D eigenvalue weighted by Gasteiger charge is 2.56. The number of ether oxygens (including phenoxy) is 4. The Kier molecular flexibility index (Phi) is 16.0. The summed E-state index contributed by atoms with van der Waals surface area (Å²) in [7, 11) is -20.3. The number of aliphatic hydroxyl groups is 4. The summed E-state index contributed by atoms with van der Waals surface area (Å²) < 4.78 is 121. The monoisotopic (exact) mass is 1360 g/mol. The molecule has 14 rings (SSSR count). The number of nitrogens with two attached hydrogens (primary N) is 4. The Morgan fingerprint density at radius 2 is 0.670 bits per heavy atom. The number of anilines is 4. The number of phosphoric ester groups is 4. The van der Waals surface area contributed by atoms with Gasteiger partial charge in [0.2, 0.25) is 17.8 Å². The molecule has 0 radical (unpaired) electrons. The van der Waals surface area contributed by atoms with E-state index < -0.39 is 173 Å². The van der Waals surface area contributed by atoms with Crippen LogP contribution in [-0.4, -0.2) is 218 Å². The van der Waals surface area contributed by atoms with Crippen molar-refractivity contribution in [1.29, 1.82) is 0 Å². The first kappa shape index (κ1) is 62.7. The van der Waals surface area contributed by atoms with Crippen LogP contribution in [0.1, 0.15) is 24.9 Å². The SMILES string of the molecule is Nc1nc2c(ncn2[C@@H]2O[C@@H]3COP(=O)(O)O[C@H]4[C@@H](O)[C@H](n5cnc6c(=O)[nH]c(N)nc65)O[C@@H]4COP(=O)(O)O[C@H]3[C@H]2O)c(=O)[nH]1.Nc1nc2c(ncn2[C@@H]2O[C@@H]3COP(=O)(O)O[C@H]4[C@@H](O)[C@H](n5cnc6c(N)ncnc65)O[C@@H]4COP(=O)(O)O[C@H]3[C@H]2O)c(=O)[nH]1. The van der Waals surface area contributed by atoms with Crippen molar-refractivity contribution in [2.24, 2.45) is 0 Å². The van der Waals surface area contributed by atoms with Gasteiger partial charge < -0.3 is 81.9 Å². The lowest BCUT2D eigenvalue weighted by molar-refractivity contribution is -0.0665. The van der Waals surface area contributed by atoms with Gasteiger partial charge in [-0.05, 0) is 0 Å². The van der Waals surface area contributed by atoms with Gasteiger partial charge in [0.25, 0.3) is 16.7 Å². The Hall–Kier alpha value is -7.08. The lowest BCUT2D eigenvalue weighted by atomic mass is 10.1. The Morgan fingerprint density at radius 1 is 0.407 bits per heavy atom. The first-order valence-electron chi connectivity index (χ1n) is 26.1. The fourth-order valence-electron chi connectivity index (χ4n) is 10.7. The molecular weight excluding hydrogens is 1320 g/mol. The minimum Gasteiger partial charge on any atom is -0.386 e. The largest absolute Gasteiger partial charge is 0.472 e. The molecular formula is C40H48N20O27P4. The van der Waals surface area contributed by atoms with Gasteiger partial charge in [-0.3, -0.25) is 83.8 Å². The van der Waals surface area contributed by atoms with Crippen molar-refractivity contribution < 1.29 is 113 Å². The van der Waals surface area contributed by atoms with Crippen LogP contribution in [0.5, 0.6) is 0 Å². The van der Waals surface area contributed by atoms with Gasteiger partial charge in [0.05, 0.1) is 51.7 Å². The normalized spacial score (nSPS) is 37.4. The number of fused-ring (bicyclic) bond motifs is 8. The number of hydrogen-bond acceptors (Lipinski definition) is 36. The average molecular weight is 1360 g/mol. The van der Waals surface area contributed by atoms with E-state index in [0.29, 0.717) is 0 Å². The second kappa shape index (κ2) is 23.2. The molecule has 20 atom stereocenters. The van der Waals surface area contributed by atoms with Crippen molar-refractivity contribution >= 4 is 99.6 Å². The molecule has 6 saturated heterocycles. The molecule has 47 nitrogen and oxygen atoms in total. The number of imidazole rings is 4. The molecule has 0 aromatic carbocycles. The smallest absolute Gasteiger partial charge is 0.386 e. The van der Waals surface area contributed by atoms with E-state index in [2.05, 4.69) is 59.8 Å². The summed E-state index contributed by atoms with van der Waals surface area (Å²) in [6.07, 6.45) is -20.0. The van der Waals surface area contributed by atoms with E-state index >= 15 is 0 Å². The fourth-order valence-corrected chi connectivity index (χ4v) is 14.6. The van der Waals surface area contributed by atoms with Gasteiger partial charge >= 0.3 is 31.3 Å². The summed E-state index contributed by atoms with van der Waals surface area (Å²) in [5, 5.41) is 44.5. The molecule has 0 amide bonds. The van der Waals surface area contributed by atoms with Crippen LogP contribution < -0.4 is 39.6 Å². The second-order valence-corrected chi connectivity index (χ2v) is 26.1. The van der Waals surface area contributed by atoms with E-state index in [-0.39, 0.29) is 68.3 Å². The summed E-state index contributed by atoms with van der Waals surface area (Å²) in [6.45, 7) is -3.39. The highest BCUT2D eigenvalue weighted by molar-refractivity contribution is 7.48. The van der Waals surface area contributed by atoms with E-state index in [1.807, 2.05) is 0 Å². The van der Waals surface area contributed by atoms with Crippen LogP contribution in [0.3, 0.4) is 0 Å². The van der Waals surface area contributed by atoms with Crippen molar-refractivity contribution in [2.75, 3.05) is 49.4 Å². The lowest BCUT2D eigenvalue weighted by Crippen LogP contribution is -2.39. The average Bonchev–Trinajstić information content (AvgIpc) is 1.64. The third-order valence-corrected chi connectivity index (χ3v) is 18.6. The number of nitrogens with one attached hydrogen (secondary N) is 3. The fraction of sp³-hybridized carbons (Fsp3) is 0.500. The summed E-state index contributed by atoms with van der Waals surface area (Å²) in [4.78, 5) is 122. The number of H-pyrrole nitrogens is 3. The van der Waals surface area contributed by atoms with Gasteiger partial charge in [-0.25, -0.2) is 48.2 Å². The molecule has 0 saturated carbocycles. The molecule has 4 unspecified atom stereocenters. The van der Waals surface area contributed by atoms with Gasteiger partial charge in [0.15, 0.2) is 69.9 Å². The summed E-state index contributed by atoms with van der Waals surface area (Å²) in [5.74, 6) is -0.791. The number of aromatic amines is 3. The van der Waals surface area contributed by atoms with Crippen molar-refractivity contribution in [3.05, 3.63) is 62.7 Å². The number of nitrogen functional groups attached to an aromatic ring is 4. The van der Waals surface area contributed by atoms with E-state index in [0.717, 1.165) is 39.0 Å². The second-order valence-electron chi connectivity index (χ2n) is 20.5. The van der Waals surface area contributed by atoms with Gasteiger partial charge in [-0.1, -0.05) is 0 Å². The number of hydrogen-bond donors (Lipinski definition) is 15. The Bertz CT molecular complexity index is 4400. The maximum atomic E-state index is 13.1. The molecule has 51 heteroatoms. The van der Waals surface area contributed by atoms with Crippen LogP contribution in [0, 0.1) is 0 Å².